The van der Waals surface area contributed by atoms with Gasteiger partial charge in [0.05, 0.1) is 0 Å². The van der Waals surface area contributed by atoms with E-state index in [0.717, 1.165) is 0 Å². The van der Waals surface area contributed by atoms with Crippen molar-refractivity contribution in [2.75, 3.05) is 0 Å². The SMILES string of the molecule is CC(C)c1nccn(CC2CC3C(C2)C3(F)F)c1=O. The second-order valence-corrected chi connectivity index (χ2v) is 6.15. The summed E-state index contributed by atoms with van der Waals surface area (Å²) in [5.41, 5.74) is 0.473. The van der Waals surface area contributed by atoms with Crippen molar-refractivity contribution in [3.63, 3.8) is 0 Å². The highest BCUT2D eigenvalue weighted by molar-refractivity contribution is 5.11. The van der Waals surface area contributed by atoms with Gasteiger partial charge in [0.2, 0.25) is 0 Å². The fourth-order valence-electron chi connectivity index (χ4n) is 3.35. The fraction of sp³-hybridized carbons (Fsp3) is 0.714. The van der Waals surface area contributed by atoms with Gasteiger partial charge in [0.15, 0.2) is 0 Å². The van der Waals surface area contributed by atoms with Crippen LogP contribution in [0.3, 0.4) is 0 Å². The minimum atomic E-state index is -2.43. The molecule has 5 heteroatoms. The van der Waals surface area contributed by atoms with Gasteiger partial charge in [-0.05, 0) is 18.8 Å². The lowest BCUT2D eigenvalue weighted by Crippen LogP contribution is -2.28. The highest BCUT2D eigenvalue weighted by Crippen LogP contribution is 2.65. The predicted molar refractivity (Wildman–Crippen MR) is 67.2 cm³/mol. The van der Waals surface area contributed by atoms with E-state index in [2.05, 4.69) is 4.98 Å². The third-order valence-corrected chi connectivity index (χ3v) is 4.48. The van der Waals surface area contributed by atoms with Gasteiger partial charge >= 0.3 is 0 Å². The molecule has 2 saturated carbocycles. The van der Waals surface area contributed by atoms with Gasteiger partial charge in [-0.15, -0.1) is 0 Å². The lowest BCUT2D eigenvalue weighted by atomic mass is 10.0. The molecule has 0 bridgehead atoms. The minimum absolute atomic E-state index is 0.0789. The molecule has 0 spiro atoms. The summed E-state index contributed by atoms with van der Waals surface area (Å²) in [5, 5.41) is 0. The van der Waals surface area contributed by atoms with Crippen LogP contribution in [0.15, 0.2) is 17.2 Å². The number of alkyl halides is 2. The molecule has 0 aliphatic heterocycles. The van der Waals surface area contributed by atoms with Crippen molar-refractivity contribution < 1.29 is 8.78 Å². The monoisotopic (exact) mass is 268 g/mol. The first-order valence-electron chi connectivity index (χ1n) is 6.84. The highest BCUT2D eigenvalue weighted by Gasteiger charge is 2.71. The maximum atomic E-state index is 13.1. The molecule has 0 amide bonds. The van der Waals surface area contributed by atoms with Crippen LogP contribution in [0.1, 0.15) is 38.3 Å². The van der Waals surface area contributed by atoms with Crippen LogP contribution >= 0.6 is 0 Å². The molecule has 0 radical (unpaired) electrons. The zero-order chi connectivity index (χ0) is 13.8. The van der Waals surface area contributed by atoms with E-state index in [1.807, 2.05) is 13.8 Å². The Morgan fingerprint density at radius 1 is 1.42 bits per heavy atom. The number of halogens is 2. The van der Waals surface area contributed by atoms with E-state index in [9.17, 15) is 13.6 Å². The van der Waals surface area contributed by atoms with Crippen LogP contribution in [-0.4, -0.2) is 15.5 Å². The lowest BCUT2D eigenvalue weighted by molar-refractivity contribution is 0.0620. The van der Waals surface area contributed by atoms with Gasteiger partial charge in [-0.25, -0.2) is 8.78 Å². The Balaban J connectivity index is 1.72. The van der Waals surface area contributed by atoms with Crippen molar-refractivity contribution in [2.45, 2.75) is 45.1 Å². The van der Waals surface area contributed by atoms with Gasteiger partial charge in [0.1, 0.15) is 5.69 Å². The molecule has 2 fully saturated rings. The van der Waals surface area contributed by atoms with Crippen LogP contribution in [0, 0.1) is 17.8 Å². The molecular formula is C14H18F2N2O. The lowest BCUT2D eigenvalue weighted by Gasteiger charge is -2.16. The average molecular weight is 268 g/mol. The average Bonchev–Trinajstić information content (AvgIpc) is 2.73. The van der Waals surface area contributed by atoms with Crippen molar-refractivity contribution in [3.05, 3.63) is 28.4 Å². The maximum Gasteiger partial charge on any atom is 0.272 e. The Bertz CT molecular complexity index is 539. The van der Waals surface area contributed by atoms with Gasteiger partial charge in [0.25, 0.3) is 11.5 Å². The third-order valence-electron chi connectivity index (χ3n) is 4.48. The summed E-state index contributed by atoms with van der Waals surface area (Å²) < 4.78 is 27.9. The van der Waals surface area contributed by atoms with Crippen molar-refractivity contribution in [3.8, 4) is 0 Å². The molecule has 1 aromatic rings. The molecule has 2 aliphatic carbocycles. The topological polar surface area (TPSA) is 34.9 Å². The van der Waals surface area contributed by atoms with Crippen molar-refractivity contribution in [1.82, 2.24) is 9.55 Å². The van der Waals surface area contributed by atoms with Gasteiger partial charge in [-0.3, -0.25) is 9.78 Å². The predicted octanol–water partition coefficient (Wildman–Crippen LogP) is 2.66. The van der Waals surface area contributed by atoms with E-state index in [0.29, 0.717) is 25.1 Å². The van der Waals surface area contributed by atoms with Gasteiger partial charge < -0.3 is 4.57 Å². The van der Waals surface area contributed by atoms with Crippen LogP contribution in [0.2, 0.25) is 0 Å². The zero-order valence-electron chi connectivity index (χ0n) is 11.1. The standard InChI is InChI=1S/C14H18F2N2O/c1-8(2)12-13(19)18(4-3-17-12)7-9-5-10-11(6-9)14(10,15)16/h3-4,8-11H,5-7H2,1-2H3. The summed E-state index contributed by atoms with van der Waals surface area (Å²) in [6, 6.07) is 0. The van der Waals surface area contributed by atoms with Crippen molar-refractivity contribution in [2.24, 2.45) is 17.8 Å². The Morgan fingerprint density at radius 2 is 2.05 bits per heavy atom. The molecule has 104 valence electrons. The van der Waals surface area contributed by atoms with E-state index in [1.54, 1.807) is 17.0 Å². The molecule has 3 nitrogen and oxygen atoms in total. The first kappa shape index (κ1) is 12.8. The van der Waals surface area contributed by atoms with E-state index in [4.69, 9.17) is 0 Å². The zero-order valence-corrected chi connectivity index (χ0v) is 11.1. The van der Waals surface area contributed by atoms with Crippen LogP contribution in [0.4, 0.5) is 8.78 Å². The molecule has 2 unspecified atom stereocenters. The summed E-state index contributed by atoms with van der Waals surface area (Å²) in [5.74, 6) is -3.00. The van der Waals surface area contributed by atoms with E-state index < -0.39 is 17.8 Å². The second kappa shape index (κ2) is 4.12. The molecule has 0 N–H and O–H groups in total. The first-order chi connectivity index (χ1) is 8.91. The number of hydrogen-bond donors (Lipinski definition) is 0. The number of aromatic nitrogens is 2. The quantitative estimate of drug-likeness (QED) is 0.844. The van der Waals surface area contributed by atoms with Gasteiger partial charge in [-0.2, -0.15) is 0 Å². The molecule has 0 aromatic carbocycles. The minimum Gasteiger partial charge on any atom is -0.312 e. The van der Waals surface area contributed by atoms with Crippen LogP contribution < -0.4 is 5.56 Å². The summed E-state index contributed by atoms with van der Waals surface area (Å²) in [6.45, 7) is 4.41. The molecule has 3 rings (SSSR count). The normalized spacial score (nSPS) is 31.5. The number of rotatable bonds is 3. The molecule has 19 heavy (non-hydrogen) atoms. The van der Waals surface area contributed by atoms with E-state index in [1.165, 1.54) is 0 Å². The highest BCUT2D eigenvalue weighted by atomic mass is 19.3. The largest absolute Gasteiger partial charge is 0.312 e. The smallest absolute Gasteiger partial charge is 0.272 e. The molecule has 1 aromatic heterocycles. The number of nitrogens with zero attached hydrogens (tertiary/aromatic N) is 2. The van der Waals surface area contributed by atoms with Gasteiger partial charge in [-0.1, -0.05) is 13.8 Å². The first-order valence-corrected chi connectivity index (χ1v) is 6.84. The summed E-state index contributed by atoms with van der Waals surface area (Å²) in [7, 11) is 0. The summed E-state index contributed by atoms with van der Waals surface area (Å²) >= 11 is 0. The van der Waals surface area contributed by atoms with Gasteiger partial charge in [0, 0.05) is 36.7 Å². The number of hydrogen-bond acceptors (Lipinski definition) is 2. The molecule has 2 aliphatic rings. The second-order valence-electron chi connectivity index (χ2n) is 6.15. The van der Waals surface area contributed by atoms with Crippen molar-refractivity contribution in [1.29, 1.82) is 0 Å². The third kappa shape index (κ3) is 1.99. The Labute approximate surface area is 110 Å². The van der Waals surface area contributed by atoms with E-state index >= 15 is 0 Å². The Hall–Kier alpha value is -1.26. The van der Waals surface area contributed by atoms with Crippen LogP contribution in [-0.2, 0) is 6.54 Å². The summed E-state index contributed by atoms with van der Waals surface area (Å²) in [6.07, 6.45) is 4.38. The Kier molecular flexibility index (Phi) is 2.76. The van der Waals surface area contributed by atoms with Crippen LogP contribution in [0.5, 0.6) is 0 Å². The maximum absolute atomic E-state index is 13.1. The molecule has 0 saturated heterocycles. The van der Waals surface area contributed by atoms with Crippen molar-refractivity contribution >= 4 is 0 Å². The molecule has 2 atom stereocenters. The van der Waals surface area contributed by atoms with E-state index in [-0.39, 0.29) is 17.4 Å². The van der Waals surface area contributed by atoms with Crippen LogP contribution in [0.25, 0.3) is 0 Å². The fourth-order valence-corrected chi connectivity index (χ4v) is 3.35. The number of fused-ring (bicyclic) bond motifs is 1. The molecule has 1 heterocycles. The molecular weight excluding hydrogens is 250 g/mol. The summed E-state index contributed by atoms with van der Waals surface area (Å²) in [4.78, 5) is 16.3. The Morgan fingerprint density at radius 3 is 2.63 bits per heavy atom.